The number of ether oxygens (including phenoxy) is 1. The Balaban J connectivity index is 0.000000205. The number of hydrogen-bond acceptors (Lipinski definition) is 11. The van der Waals surface area contributed by atoms with Gasteiger partial charge in [0.05, 0.1) is 9.85 Å². The summed E-state index contributed by atoms with van der Waals surface area (Å²) in [6, 6.07) is 20.0. The molecular formula is C31H40N6O7. The average molecular weight is 609 g/mol. The number of unbranched alkanes of at least 4 members (excludes halogenated alkanes) is 1. The first-order valence-electron chi connectivity index (χ1n) is 14.3. The lowest BCUT2D eigenvalue weighted by Crippen LogP contribution is -2.41. The van der Waals surface area contributed by atoms with E-state index in [0.29, 0.717) is 31.8 Å². The number of carbonyl (C=O) groups excluding carboxylic acids is 2. The van der Waals surface area contributed by atoms with Crippen LogP contribution in [0.5, 0.6) is 0 Å². The number of carbonyl (C=O) groups is 2. The van der Waals surface area contributed by atoms with Gasteiger partial charge in [-0.05, 0) is 24.0 Å². The smallest absolute Gasteiger partial charge is 0.314 e. The van der Waals surface area contributed by atoms with Gasteiger partial charge >= 0.3 is 5.70 Å². The molecule has 2 bridgehead atoms. The van der Waals surface area contributed by atoms with Crippen molar-refractivity contribution in [2.75, 3.05) is 26.2 Å². The molecule has 236 valence electrons. The second-order valence-corrected chi connectivity index (χ2v) is 10.3. The fourth-order valence-corrected chi connectivity index (χ4v) is 5.44. The maximum atomic E-state index is 11.5. The molecule has 4 aliphatic heterocycles. The van der Waals surface area contributed by atoms with Gasteiger partial charge < -0.3 is 34.3 Å². The molecule has 4 heterocycles. The summed E-state index contributed by atoms with van der Waals surface area (Å²) in [4.78, 5) is 46.2. The molecule has 1 N–H and O–H groups in total. The molecule has 3 fully saturated rings. The summed E-state index contributed by atoms with van der Waals surface area (Å²) in [5, 5.41) is 24.9. The summed E-state index contributed by atoms with van der Waals surface area (Å²) in [5.74, 6) is 1.37. The summed E-state index contributed by atoms with van der Waals surface area (Å²) < 4.78 is 5.78. The number of rotatable bonds is 9. The molecule has 0 spiro atoms. The molecule has 0 unspecified atom stereocenters. The molecule has 2 atom stereocenters. The van der Waals surface area contributed by atoms with Crippen molar-refractivity contribution in [1.82, 2.24) is 20.0 Å². The highest BCUT2D eigenvalue weighted by atomic mass is 16.6. The van der Waals surface area contributed by atoms with Crippen LogP contribution in [0.2, 0.25) is 0 Å². The van der Waals surface area contributed by atoms with Crippen LogP contribution < -0.4 is 5.32 Å². The van der Waals surface area contributed by atoms with Crippen LogP contribution in [0.1, 0.15) is 44.2 Å². The largest absolute Gasteiger partial charge is 0.365 e. The minimum absolute atomic E-state index is 0. The van der Waals surface area contributed by atoms with Gasteiger partial charge in [0.25, 0.3) is 6.20 Å². The third kappa shape index (κ3) is 8.86. The predicted octanol–water partition coefficient (Wildman–Crippen LogP) is 3.74. The van der Waals surface area contributed by atoms with E-state index >= 15 is 0 Å². The van der Waals surface area contributed by atoms with Crippen LogP contribution in [0.25, 0.3) is 0 Å². The van der Waals surface area contributed by atoms with E-state index in [9.17, 15) is 29.8 Å². The number of hydrogen-bond donors (Lipinski definition) is 1. The number of nitrogens with one attached hydrogen (secondary N) is 1. The zero-order valence-electron chi connectivity index (χ0n) is 23.8. The molecule has 2 aromatic rings. The van der Waals surface area contributed by atoms with Crippen molar-refractivity contribution >= 4 is 12.6 Å². The summed E-state index contributed by atoms with van der Waals surface area (Å²) in [7, 11) is 0. The minimum atomic E-state index is -0.425. The Morgan fingerprint density at radius 3 is 1.98 bits per heavy atom. The highest BCUT2D eigenvalue weighted by Crippen LogP contribution is 2.41. The van der Waals surface area contributed by atoms with Gasteiger partial charge in [0, 0.05) is 52.1 Å². The molecule has 13 nitrogen and oxygen atoms in total. The van der Waals surface area contributed by atoms with Gasteiger partial charge in [-0.25, -0.2) is 0 Å². The van der Waals surface area contributed by atoms with Crippen molar-refractivity contribution in [3.05, 3.63) is 116 Å². The summed E-state index contributed by atoms with van der Waals surface area (Å²) in [6.07, 6.45) is 4.53. The fourth-order valence-electron chi connectivity index (χ4n) is 5.44. The van der Waals surface area contributed by atoms with Crippen LogP contribution in [-0.2, 0) is 27.4 Å². The van der Waals surface area contributed by atoms with E-state index in [-0.39, 0.29) is 30.4 Å². The molecule has 13 heteroatoms. The van der Waals surface area contributed by atoms with Crippen molar-refractivity contribution in [2.24, 2.45) is 0 Å². The zero-order chi connectivity index (χ0) is 30.6. The van der Waals surface area contributed by atoms with Crippen LogP contribution >= 0.6 is 0 Å². The lowest BCUT2D eigenvalue weighted by Gasteiger charge is -2.32. The van der Waals surface area contributed by atoms with Gasteiger partial charge in [-0.2, -0.15) is 0 Å². The number of nitro groups is 2. The van der Waals surface area contributed by atoms with Gasteiger partial charge in [0.15, 0.2) is 17.7 Å². The van der Waals surface area contributed by atoms with E-state index in [1.54, 1.807) is 0 Å². The first kappa shape index (κ1) is 33.7. The maximum absolute atomic E-state index is 11.5. The fraction of sp³-hybridized carbons (Fsp3) is 0.419. The number of nitrogens with zero attached hydrogens (tertiary/aromatic N) is 5. The summed E-state index contributed by atoms with van der Waals surface area (Å²) in [5.41, 5.74) is 2.58. The second-order valence-electron chi connectivity index (χ2n) is 10.3. The van der Waals surface area contributed by atoms with Gasteiger partial charge in [0.2, 0.25) is 0 Å². The van der Waals surface area contributed by atoms with E-state index in [1.807, 2.05) is 53.4 Å². The van der Waals surface area contributed by atoms with Crippen LogP contribution in [0, 0.1) is 20.2 Å². The molecule has 0 aromatic heterocycles. The lowest BCUT2D eigenvalue weighted by molar-refractivity contribution is -0.443. The third-order valence-electron chi connectivity index (χ3n) is 7.35. The Hall–Kier alpha value is -4.78. The number of fused-ring (bicyclic) bond motifs is 4. The topological polar surface area (TPSA) is 151 Å². The Morgan fingerprint density at radius 1 is 0.841 bits per heavy atom. The standard InChI is InChI=1S/C15H17N3O3.C11H13N3O2.C4H6O2.CH4/c19-18(20)14-12-6-7-13(21-12)17-9-8-16(15(14)17)10-11-4-2-1-3-5-11;15-14(16)9-11-12-6-7-13(11)8-10-4-2-1-3-5-10;5-3-1-2-4-6;/h1-5,12-13H,6-10H2;1-5,9,12H,6-8H2;3-4H,1-2H2;1H4/b;11-9+;;/t12-,13+;;;/m1.../s1. The minimum Gasteiger partial charge on any atom is -0.365 e. The quantitative estimate of drug-likeness (QED) is 0.192. The molecule has 0 amide bonds. The molecule has 0 aliphatic carbocycles. The van der Waals surface area contributed by atoms with E-state index in [4.69, 9.17) is 4.74 Å². The third-order valence-corrected chi connectivity index (χ3v) is 7.35. The van der Waals surface area contributed by atoms with E-state index in [1.165, 1.54) is 5.56 Å². The second kappa shape index (κ2) is 16.8. The number of aldehydes is 2. The van der Waals surface area contributed by atoms with E-state index in [0.717, 1.165) is 69.2 Å². The van der Waals surface area contributed by atoms with Crippen molar-refractivity contribution in [1.29, 1.82) is 0 Å². The predicted molar refractivity (Wildman–Crippen MR) is 163 cm³/mol. The summed E-state index contributed by atoms with van der Waals surface area (Å²) in [6.45, 7) is 4.59. The maximum Gasteiger partial charge on any atom is 0.314 e. The van der Waals surface area contributed by atoms with Crippen molar-refractivity contribution < 1.29 is 24.2 Å². The first-order valence-corrected chi connectivity index (χ1v) is 14.3. The van der Waals surface area contributed by atoms with Gasteiger partial charge in [-0.3, -0.25) is 20.2 Å². The highest BCUT2D eigenvalue weighted by Gasteiger charge is 2.50. The molecule has 0 saturated carbocycles. The van der Waals surface area contributed by atoms with Crippen LogP contribution in [0.4, 0.5) is 0 Å². The lowest BCUT2D eigenvalue weighted by atomic mass is 10.2. The zero-order valence-corrected chi connectivity index (χ0v) is 23.8. The van der Waals surface area contributed by atoms with Crippen molar-refractivity contribution in [3.63, 3.8) is 0 Å². The first-order chi connectivity index (χ1) is 20.9. The molecule has 6 rings (SSSR count). The Kier molecular flexibility index (Phi) is 12.8. The van der Waals surface area contributed by atoms with Gasteiger partial charge in [0.1, 0.15) is 18.8 Å². The molecule has 4 aliphatic rings. The van der Waals surface area contributed by atoms with E-state index < -0.39 is 4.92 Å². The molecule has 0 radical (unpaired) electrons. The Labute approximate surface area is 257 Å². The highest BCUT2D eigenvalue weighted by molar-refractivity contribution is 5.58. The monoisotopic (exact) mass is 608 g/mol. The van der Waals surface area contributed by atoms with Gasteiger partial charge in [-0.15, -0.1) is 0 Å². The van der Waals surface area contributed by atoms with Crippen molar-refractivity contribution in [2.45, 2.75) is 58.5 Å². The van der Waals surface area contributed by atoms with Crippen LogP contribution in [-0.4, -0.2) is 75.6 Å². The molecule has 3 saturated heterocycles. The summed E-state index contributed by atoms with van der Waals surface area (Å²) >= 11 is 0. The molecule has 44 heavy (non-hydrogen) atoms. The van der Waals surface area contributed by atoms with Crippen molar-refractivity contribution in [3.8, 4) is 0 Å². The average Bonchev–Trinajstić information content (AvgIpc) is 3.74. The molecular weight excluding hydrogens is 568 g/mol. The normalized spacial score (nSPS) is 20.4. The van der Waals surface area contributed by atoms with Gasteiger partial charge in [-0.1, -0.05) is 68.1 Å². The number of benzene rings is 2. The Morgan fingerprint density at radius 2 is 1.43 bits per heavy atom. The molecule has 2 aromatic carbocycles. The van der Waals surface area contributed by atoms with Crippen LogP contribution in [0.3, 0.4) is 0 Å². The Bertz CT molecular complexity index is 1310. The SMILES string of the molecule is C.O=CCCC=O.O=[N+]([O-])/C=C1\NCCN1Cc1ccccc1.O=[N+]([O-])C1=C2N(Cc3ccccc3)CCN2[C@@H]2CC[C@H]1O2. The van der Waals surface area contributed by atoms with E-state index in [2.05, 4.69) is 27.2 Å². The van der Waals surface area contributed by atoms with Crippen LogP contribution in [0.15, 0.2) is 84.2 Å².